The molecule has 4 heteroatoms. The Kier molecular flexibility index (Phi) is 5.81. The molecule has 2 N–H and O–H groups in total. The van der Waals surface area contributed by atoms with Gasteiger partial charge in [-0.15, -0.1) is 0 Å². The van der Waals surface area contributed by atoms with Crippen molar-refractivity contribution in [1.82, 2.24) is 5.32 Å². The molecule has 0 amide bonds. The second kappa shape index (κ2) is 7.82. The topological polar surface area (TPSA) is 50.7 Å². The maximum atomic E-state index is 10.3. The predicted octanol–water partition coefficient (Wildman–Crippen LogP) is 2.84. The molecule has 0 spiro atoms. The van der Waals surface area contributed by atoms with E-state index < -0.39 is 6.10 Å². The van der Waals surface area contributed by atoms with Crippen molar-refractivity contribution in [1.29, 1.82) is 0 Å². The van der Waals surface area contributed by atoms with Gasteiger partial charge in [-0.3, -0.25) is 0 Å². The fraction of sp³-hybridized carbons (Fsp3) is 0.333. The van der Waals surface area contributed by atoms with Gasteiger partial charge in [0.05, 0.1) is 20.3 Å². The molecule has 0 saturated carbocycles. The zero-order valence-corrected chi connectivity index (χ0v) is 13.3. The van der Waals surface area contributed by atoms with E-state index in [9.17, 15) is 5.11 Å². The summed E-state index contributed by atoms with van der Waals surface area (Å²) in [6.45, 7) is 3.25. The molecule has 0 bridgehead atoms. The predicted molar refractivity (Wildman–Crippen MR) is 87.4 cm³/mol. The SMILES string of the molecule is COc1cc(OC)cc(C(O)CNCc2ccc(C)cc2)c1. The minimum atomic E-state index is -0.616. The molecule has 0 aliphatic rings. The van der Waals surface area contributed by atoms with Crippen LogP contribution in [-0.4, -0.2) is 25.9 Å². The average Bonchev–Trinajstić information content (AvgIpc) is 2.56. The van der Waals surface area contributed by atoms with E-state index in [1.165, 1.54) is 11.1 Å². The van der Waals surface area contributed by atoms with Gasteiger partial charge in [-0.05, 0) is 30.2 Å². The molecule has 1 unspecified atom stereocenters. The fourth-order valence-electron chi connectivity index (χ4n) is 2.20. The Morgan fingerprint density at radius 2 is 1.59 bits per heavy atom. The van der Waals surface area contributed by atoms with Gasteiger partial charge in [0.2, 0.25) is 0 Å². The summed E-state index contributed by atoms with van der Waals surface area (Å²) in [5.74, 6) is 1.35. The van der Waals surface area contributed by atoms with Crippen LogP contribution >= 0.6 is 0 Å². The van der Waals surface area contributed by atoms with Crippen LogP contribution in [0.25, 0.3) is 0 Å². The molecule has 2 aromatic rings. The van der Waals surface area contributed by atoms with Crippen molar-refractivity contribution in [3.63, 3.8) is 0 Å². The molecule has 22 heavy (non-hydrogen) atoms. The monoisotopic (exact) mass is 301 g/mol. The van der Waals surface area contributed by atoms with Gasteiger partial charge in [-0.2, -0.15) is 0 Å². The van der Waals surface area contributed by atoms with E-state index in [4.69, 9.17) is 9.47 Å². The number of rotatable bonds is 7. The van der Waals surface area contributed by atoms with Gasteiger partial charge in [0, 0.05) is 19.2 Å². The van der Waals surface area contributed by atoms with Crippen LogP contribution in [0.5, 0.6) is 11.5 Å². The van der Waals surface area contributed by atoms with Crippen molar-refractivity contribution in [2.24, 2.45) is 0 Å². The van der Waals surface area contributed by atoms with Crippen molar-refractivity contribution in [2.75, 3.05) is 20.8 Å². The highest BCUT2D eigenvalue weighted by Gasteiger charge is 2.10. The van der Waals surface area contributed by atoms with Gasteiger partial charge in [-0.1, -0.05) is 29.8 Å². The number of benzene rings is 2. The molecule has 118 valence electrons. The van der Waals surface area contributed by atoms with Crippen LogP contribution in [0.15, 0.2) is 42.5 Å². The molecule has 2 rings (SSSR count). The first kappa shape index (κ1) is 16.3. The average molecular weight is 301 g/mol. The number of nitrogens with one attached hydrogen (secondary N) is 1. The number of hydrogen-bond donors (Lipinski definition) is 2. The second-order valence-electron chi connectivity index (χ2n) is 5.28. The van der Waals surface area contributed by atoms with Crippen LogP contribution < -0.4 is 14.8 Å². The lowest BCUT2D eigenvalue weighted by atomic mass is 10.1. The molecular weight excluding hydrogens is 278 g/mol. The number of ether oxygens (including phenoxy) is 2. The molecule has 0 aliphatic carbocycles. The number of aliphatic hydroxyl groups is 1. The van der Waals surface area contributed by atoms with E-state index in [1.807, 2.05) is 12.1 Å². The van der Waals surface area contributed by atoms with Crippen molar-refractivity contribution in [3.8, 4) is 11.5 Å². The third-order valence-electron chi connectivity index (χ3n) is 3.55. The lowest BCUT2D eigenvalue weighted by Gasteiger charge is -2.15. The molecule has 0 fully saturated rings. The van der Waals surface area contributed by atoms with E-state index in [2.05, 4.69) is 36.5 Å². The van der Waals surface area contributed by atoms with E-state index in [1.54, 1.807) is 20.3 Å². The number of methoxy groups -OCH3 is 2. The summed E-state index contributed by atoms with van der Waals surface area (Å²) < 4.78 is 10.4. The minimum Gasteiger partial charge on any atom is -0.497 e. The van der Waals surface area contributed by atoms with Gasteiger partial charge in [0.1, 0.15) is 11.5 Å². The Bertz CT molecular complexity index is 574. The quantitative estimate of drug-likeness (QED) is 0.825. The third-order valence-corrected chi connectivity index (χ3v) is 3.55. The van der Waals surface area contributed by atoms with E-state index in [0.717, 1.165) is 12.1 Å². The van der Waals surface area contributed by atoms with Crippen LogP contribution in [0.2, 0.25) is 0 Å². The van der Waals surface area contributed by atoms with Gasteiger partial charge < -0.3 is 19.9 Å². The molecule has 4 nitrogen and oxygen atoms in total. The fourth-order valence-corrected chi connectivity index (χ4v) is 2.20. The van der Waals surface area contributed by atoms with Crippen LogP contribution in [-0.2, 0) is 6.54 Å². The van der Waals surface area contributed by atoms with Gasteiger partial charge in [0.15, 0.2) is 0 Å². The molecule has 2 aromatic carbocycles. The highest BCUT2D eigenvalue weighted by molar-refractivity contribution is 5.39. The Hall–Kier alpha value is -2.04. The maximum absolute atomic E-state index is 10.3. The largest absolute Gasteiger partial charge is 0.497 e. The van der Waals surface area contributed by atoms with Crippen LogP contribution in [0.1, 0.15) is 22.8 Å². The summed E-state index contributed by atoms with van der Waals surface area (Å²) in [5, 5.41) is 13.6. The van der Waals surface area contributed by atoms with Gasteiger partial charge in [0.25, 0.3) is 0 Å². The lowest BCUT2D eigenvalue weighted by Crippen LogP contribution is -2.21. The first-order valence-corrected chi connectivity index (χ1v) is 7.29. The molecular formula is C18H23NO3. The zero-order valence-electron chi connectivity index (χ0n) is 13.3. The summed E-state index contributed by atoms with van der Waals surface area (Å²) in [7, 11) is 3.20. The normalized spacial score (nSPS) is 12.0. The van der Waals surface area contributed by atoms with Crippen molar-refractivity contribution in [2.45, 2.75) is 19.6 Å². The Labute approximate surface area is 131 Å². The number of aryl methyl sites for hydroxylation is 1. The standard InChI is InChI=1S/C18H23NO3/c1-13-4-6-14(7-5-13)11-19-12-18(20)15-8-16(21-2)10-17(9-15)22-3/h4-10,18-20H,11-12H2,1-3H3. The molecule has 0 radical (unpaired) electrons. The first-order valence-electron chi connectivity index (χ1n) is 7.29. The smallest absolute Gasteiger partial charge is 0.122 e. The van der Waals surface area contributed by atoms with E-state index in [-0.39, 0.29) is 0 Å². The summed E-state index contributed by atoms with van der Waals surface area (Å²) in [5.41, 5.74) is 3.21. The van der Waals surface area contributed by atoms with Crippen LogP contribution in [0.3, 0.4) is 0 Å². The highest BCUT2D eigenvalue weighted by atomic mass is 16.5. The van der Waals surface area contributed by atoms with Crippen LogP contribution in [0.4, 0.5) is 0 Å². The summed E-state index contributed by atoms with van der Waals surface area (Å²) in [6, 6.07) is 13.8. The molecule has 0 aromatic heterocycles. The highest BCUT2D eigenvalue weighted by Crippen LogP contribution is 2.26. The van der Waals surface area contributed by atoms with Crippen molar-refractivity contribution < 1.29 is 14.6 Å². The molecule has 0 heterocycles. The maximum Gasteiger partial charge on any atom is 0.122 e. The molecule has 0 aliphatic heterocycles. The minimum absolute atomic E-state index is 0.462. The van der Waals surface area contributed by atoms with Crippen molar-refractivity contribution >= 4 is 0 Å². The van der Waals surface area contributed by atoms with Crippen molar-refractivity contribution in [3.05, 3.63) is 59.2 Å². The first-order chi connectivity index (χ1) is 10.6. The Balaban J connectivity index is 1.94. The lowest BCUT2D eigenvalue weighted by molar-refractivity contribution is 0.173. The molecule has 1 atom stereocenters. The second-order valence-corrected chi connectivity index (χ2v) is 5.28. The van der Waals surface area contributed by atoms with Crippen LogP contribution in [0, 0.1) is 6.92 Å². The third kappa shape index (κ3) is 4.48. The number of hydrogen-bond acceptors (Lipinski definition) is 4. The summed E-state index contributed by atoms with van der Waals surface area (Å²) in [6.07, 6.45) is -0.616. The molecule has 0 saturated heterocycles. The Morgan fingerprint density at radius 1 is 1.00 bits per heavy atom. The van der Waals surface area contributed by atoms with E-state index >= 15 is 0 Å². The van der Waals surface area contributed by atoms with Gasteiger partial charge >= 0.3 is 0 Å². The Morgan fingerprint density at radius 3 is 2.14 bits per heavy atom. The van der Waals surface area contributed by atoms with Gasteiger partial charge in [-0.25, -0.2) is 0 Å². The van der Waals surface area contributed by atoms with E-state index in [0.29, 0.717) is 18.0 Å². The number of aliphatic hydroxyl groups excluding tert-OH is 1. The summed E-state index contributed by atoms with van der Waals surface area (Å²) in [4.78, 5) is 0. The summed E-state index contributed by atoms with van der Waals surface area (Å²) >= 11 is 0. The zero-order chi connectivity index (χ0) is 15.9.